The maximum atomic E-state index is 12.9. The van der Waals surface area contributed by atoms with E-state index in [1.807, 2.05) is 0 Å². The first-order chi connectivity index (χ1) is 13.9. The molecule has 6 nitrogen and oxygen atoms in total. The highest BCUT2D eigenvalue weighted by molar-refractivity contribution is 8.00. The van der Waals surface area contributed by atoms with Crippen LogP contribution in [0.5, 0.6) is 0 Å². The van der Waals surface area contributed by atoms with Crippen molar-refractivity contribution in [1.82, 2.24) is 0 Å². The van der Waals surface area contributed by atoms with E-state index < -0.39 is 4.92 Å². The number of amides is 1. The van der Waals surface area contributed by atoms with Crippen LogP contribution in [0.4, 0.5) is 15.8 Å². The summed E-state index contributed by atoms with van der Waals surface area (Å²) in [6.07, 6.45) is 0. The molecule has 3 rings (SSSR count). The first-order valence-electron chi connectivity index (χ1n) is 8.50. The summed E-state index contributed by atoms with van der Waals surface area (Å²) in [6.45, 7) is 0. The number of ketones is 1. The number of carbonyl (C=O) groups excluding carboxylic acids is 2. The van der Waals surface area contributed by atoms with Gasteiger partial charge in [-0.3, -0.25) is 19.7 Å². The number of anilines is 1. The fourth-order valence-corrected chi connectivity index (χ4v) is 3.23. The van der Waals surface area contributed by atoms with Gasteiger partial charge in [0.15, 0.2) is 5.78 Å². The van der Waals surface area contributed by atoms with Gasteiger partial charge in [-0.2, -0.15) is 0 Å². The largest absolute Gasteiger partial charge is 0.322 e. The molecule has 0 atom stereocenters. The molecular formula is C21H15FN2O4S. The number of carbonyl (C=O) groups is 2. The van der Waals surface area contributed by atoms with Gasteiger partial charge in [0.2, 0.25) is 0 Å². The summed E-state index contributed by atoms with van der Waals surface area (Å²) < 4.78 is 12.9. The van der Waals surface area contributed by atoms with Gasteiger partial charge in [0, 0.05) is 33.8 Å². The minimum atomic E-state index is -0.529. The number of benzene rings is 3. The monoisotopic (exact) mass is 410 g/mol. The van der Waals surface area contributed by atoms with Crippen LogP contribution in [0.15, 0.2) is 77.7 Å². The van der Waals surface area contributed by atoms with Crippen molar-refractivity contribution in [3.8, 4) is 0 Å². The van der Waals surface area contributed by atoms with Crippen LogP contribution < -0.4 is 5.32 Å². The number of hydrogen-bond acceptors (Lipinski definition) is 5. The maximum absolute atomic E-state index is 12.9. The van der Waals surface area contributed by atoms with Crippen LogP contribution in [0, 0.1) is 15.9 Å². The number of nitrogens with zero attached hydrogens (tertiary/aromatic N) is 1. The standard InChI is InChI=1S/C21H15FN2O4S/c22-16-5-1-14(2-6-16)20(25)13-29-19-11-7-17(8-12-19)23-21(26)15-3-9-18(10-4-15)24(27)28/h1-12H,13H2,(H,23,26). The lowest BCUT2D eigenvalue weighted by atomic mass is 10.1. The Balaban J connectivity index is 1.55. The van der Waals surface area contributed by atoms with Crippen molar-refractivity contribution in [2.75, 3.05) is 11.1 Å². The molecule has 0 fully saturated rings. The van der Waals surface area contributed by atoms with Gasteiger partial charge >= 0.3 is 0 Å². The van der Waals surface area contributed by atoms with E-state index in [1.54, 1.807) is 24.3 Å². The van der Waals surface area contributed by atoms with E-state index in [9.17, 15) is 24.1 Å². The maximum Gasteiger partial charge on any atom is 0.269 e. The van der Waals surface area contributed by atoms with Gasteiger partial charge in [0.1, 0.15) is 5.82 Å². The minimum absolute atomic E-state index is 0.0851. The molecule has 0 unspecified atom stereocenters. The molecule has 0 heterocycles. The van der Waals surface area contributed by atoms with E-state index in [0.29, 0.717) is 16.8 Å². The summed E-state index contributed by atoms with van der Waals surface area (Å²) in [5, 5.41) is 13.4. The topological polar surface area (TPSA) is 89.3 Å². The lowest BCUT2D eigenvalue weighted by molar-refractivity contribution is -0.384. The van der Waals surface area contributed by atoms with Crippen LogP contribution in [0.2, 0.25) is 0 Å². The minimum Gasteiger partial charge on any atom is -0.322 e. The molecule has 0 spiro atoms. The summed E-state index contributed by atoms with van der Waals surface area (Å²) in [5.41, 5.74) is 1.23. The predicted octanol–water partition coefficient (Wildman–Crippen LogP) is 4.96. The zero-order valence-corrected chi connectivity index (χ0v) is 15.8. The number of rotatable bonds is 7. The number of nitrogens with one attached hydrogen (secondary N) is 1. The third-order valence-electron chi connectivity index (χ3n) is 3.99. The molecule has 29 heavy (non-hydrogen) atoms. The number of non-ortho nitro benzene ring substituents is 1. The Kier molecular flexibility index (Phi) is 6.36. The summed E-state index contributed by atoms with van der Waals surface area (Å²) in [5.74, 6) is -0.668. The first-order valence-corrected chi connectivity index (χ1v) is 9.48. The zero-order valence-electron chi connectivity index (χ0n) is 15.0. The Morgan fingerprint density at radius 3 is 2.07 bits per heavy atom. The van der Waals surface area contributed by atoms with Crippen LogP contribution in [0.1, 0.15) is 20.7 Å². The van der Waals surface area contributed by atoms with Crippen molar-refractivity contribution in [1.29, 1.82) is 0 Å². The van der Waals surface area contributed by atoms with E-state index in [1.165, 1.54) is 60.3 Å². The Morgan fingerprint density at radius 2 is 1.48 bits per heavy atom. The number of Topliss-reactive ketones (excluding diaryl/α,β-unsaturated/α-hetero) is 1. The smallest absolute Gasteiger partial charge is 0.269 e. The highest BCUT2D eigenvalue weighted by Gasteiger charge is 2.10. The number of hydrogen-bond donors (Lipinski definition) is 1. The molecule has 1 amide bonds. The molecule has 0 saturated carbocycles. The van der Waals surface area contributed by atoms with Gasteiger partial charge in [0.25, 0.3) is 11.6 Å². The molecular weight excluding hydrogens is 395 g/mol. The van der Waals surface area contributed by atoms with Crippen LogP contribution >= 0.6 is 11.8 Å². The third-order valence-corrected chi connectivity index (χ3v) is 5.00. The van der Waals surface area contributed by atoms with Crippen molar-refractivity contribution < 1.29 is 18.9 Å². The van der Waals surface area contributed by atoms with Crippen molar-refractivity contribution in [2.45, 2.75) is 4.90 Å². The second-order valence-electron chi connectivity index (χ2n) is 6.00. The second-order valence-corrected chi connectivity index (χ2v) is 7.05. The van der Waals surface area contributed by atoms with Gasteiger partial charge < -0.3 is 5.32 Å². The molecule has 0 radical (unpaired) electrons. The van der Waals surface area contributed by atoms with Crippen LogP contribution in [0.25, 0.3) is 0 Å². The molecule has 146 valence electrons. The first kappa shape index (κ1) is 20.2. The highest BCUT2D eigenvalue weighted by Crippen LogP contribution is 2.22. The molecule has 0 saturated heterocycles. The highest BCUT2D eigenvalue weighted by atomic mass is 32.2. The number of nitro groups is 1. The van der Waals surface area contributed by atoms with Gasteiger partial charge in [0.05, 0.1) is 10.7 Å². The lowest BCUT2D eigenvalue weighted by Crippen LogP contribution is -2.11. The summed E-state index contributed by atoms with van der Waals surface area (Å²) in [7, 11) is 0. The SMILES string of the molecule is O=C(CSc1ccc(NC(=O)c2ccc([N+](=O)[O-])cc2)cc1)c1ccc(F)cc1. The zero-order chi connectivity index (χ0) is 20.8. The molecule has 3 aromatic rings. The van der Waals surface area contributed by atoms with E-state index in [4.69, 9.17) is 0 Å². The van der Waals surface area contributed by atoms with Gasteiger partial charge in [-0.05, 0) is 60.7 Å². The van der Waals surface area contributed by atoms with Crippen molar-refractivity contribution in [3.63, 3.8) is 0 Å². The van der Waals surface area contributed by atoms with Crippen LogP contribution in [-0.2, 0) is 0 Å². The fourth-order valence-electron chi connectivity index (χ4n) is 2.44. The Hall–Kier alpha value is -3.52. The molecule has 0 aliphatic carbocycles. The van der Waals surface area contributed by atoms with Crippen LogP contribution in [-0.4, -0.2) is 22.4 Å². The summed E-state index contributed by atoms with van der Waals surface area (Å²) >= 11 is 1.34. The van der Waals surface area contributed by atoms with E-state index in [0.717, 1.165) is 4.90 Å². The Labute approximate surface area is 169 Å². The molecule has 0 aliphatic rings. The third kappa shape index (κ3) is 5.49. The molecule has 0 aliphatic heterocycles. The molecule has 8 heteroatoms. The quantitative estimate of drug-likeness (QED) is 0.257. The van der Waals surface area contributed by atoms with Crippen molar-refractivity contribution >= 4 is 34.8 Å². The van der Waals surface area contributed by atoms with Crippen LogP contribution in [0.3, 0.4) is 0 Å². The number of nitro benzene ring substituents is 1. The summed E-state index contributed by atoms with van der Waals surface area (Å²) in [4.78, 5) is 35.3. The summed E-state index contributed by atoms with van der Waals surface area (Å²) in [6, 6.07) is 17.7. The Morgan fingerprint density at radius 1 is 0.897 bits per heavy atom. The average molecular weight is 410 g/mol. The van der Waals surface area contributed by atoms with Gasteiger partial charge in [-0.25, -0.2) is 4.39 Å². The average Bonchev–Trinajstić information content (AvgIpc) is 2.73. The van der Waals surface area contributed by atoms with Gasteiger partial charge in [-0.1, -0.05) is 0 Å². The number of thioether (sulfide) groups is 1. The van der Waals surface area contributed by atoms with E-state index in [2.05, 4.69) is 5.32 Å². The molecule has 3 aromatic carbocycles. The van der Waals surface area contributed by atoms with E-state index >= 15 is 0 Å². The second kappa shape index (κ2) is 9.11. The van der Waals surface area contributed by atoms with E-state index in [-0.39, 0.29) is 28.9 Å². The Bertz CT molecular complexity index is 1040. The lowest BCUT2D eigenvalue weighted by Gasteiger charge is -2.07. The van der Waals surface area contributed by atoms with Crippen molar-refractivity contribution in [3.05, 3.63) is 99.9 Å². The molecule has 0 aromatic heterocycles. The number of halogens is 1. The van der Waals surface area contributed by atoms with Gasteiger partial charge in [-0.15, -0.1) is 11.8 Å². The normalized spacial score (nSPS) is 10.4. The predicted molar refractivity (Wildman–Crippen MR) is 109 cm³/mol. The fraction of sp³-hybridized carbons (Fsp3) is 0.0476. The molecule has 1 N–H and O–H groups in total. The molecule has 0 bridgehead atoms. The van der Waals surface area contributed by atoms with Crippen molar-refractivity contribution in [2.24, 2.45) is 0 Å².